The Hall–Kier alpha value is -2.54. The molecule has 0 spiro atoms. The molecule has 0 saturated carbocycles. The summed E-state index contributed by atoms with van der Waals surface area (Å²) in [4.78, 5) is 11.2. The monoisotopic (exact) mass is 309 g/mol. The lowest BCUT2D eigenvalue weighted by molar-refractivity contribution is 0.129. The molecule has 1 N–H and O–H groups in total. The average Bonchev–Trinajstić information content (AvgIpc) is 3.28. The van der Waals surface area contributed by atoms with Gasteiger partial charge >= 0.3 is 0 Å². The van der Waals surface area contributed by atoms with Gasteiger partial charge in [-0.3, -0.25) is 10.00 Å². The van der Waals surface area contributed by atoms with Gasteiger partial charge in [0.25, 0.3) is 0 Å². The molecule has 4 rings (SSSR count). The number of likely N-dealkylation sites (tertiary alicyclic amines) is 1. The van der Waals surface area contributed by atoms with E-state index in [4.69, 9.17) is 0 Å². The van der Waals surface area contributed by atoms with Gasteiger partial charge in [0.05, 0.1) is 18.3 Å². The number of nitrogens with zero attached hydrogens (tertiary/aromatic N) is 6. The lowest BCUT2D eigenvalue weighted by Gasteiger charge is -2.33. The van der Waals surface area contributed by atoms with Crippen LogP contribution in [0.4, 0.5) is 0 Å². The van der Waals surface area contributed by atoms with Crippen molar-refractivity contribution in [2.24, 2.45) is 0 Å². The molecule has 2 aromatic heterocycles. The van der Waals surface area contributed by atoms with Gasteiger partial charge in [-0.05, 0) is 31.5 Å². The Kier molecular flexibility index (Phi) is 3.85. The zero-order chi connectivity index (χ0) is 15.5. The molecule has 1 aliphatic heterocycles. The van der Waals surface area contributed by atoms with Gasteiger partial charge in [0.15, 0.2) is 0 Å². The fourth-order valence-electron chi connectivity index (χ4n) is 3.21. The smallest absolute Gasteiger partial charge is 0.146 e. The Balaban J connectivity index is 1.59. The zero-order valence-electron chi connectivity index (χ0n) is 12.8. The van der Waals surface area contributed by atoms with Gasteiger partial charge in [0.1, 0.15) is 24.3 Å². The van der Waals surface area contributed by atoms with Gasteiger partial charge in [-0.15, -0.1) is 0 Å². The van der Waals surface area contributed by atoms with Crippen molar-refractivity contribution in [2.45, 2.75) is 31.8 Å². The number of para-hydroxylation sites is 1. The van der Waals surface area contributed by atoms with E-state index in [9.17, 15) is 0 Å². The first-order chi connectivity index (χ1) is 11.4. The largest absolute Gasteiger partial charge is 0.286 e. The second-order valence-electron chi connectivity index (χ2n) is 5.78. The lowest BCUT2D eigenvalue weighted by Crippen LogP contribution is -2.34. The minimum atomic E-state index is 0.271. The maximum Gasteiger partial charge on any atom is 0.146 e. The molecule has 1 aliphatic rings. The van der Waals surface area contributed by atoms with Crippen molar-refractivity contribution < 1.29 is 0 Å². The second kappa shape index (κ2) is 6.29. The van der Waals surface area contributed by atoms with Crippen LogP contribution in [-0.2, 0) is 6.54 Å². The van der Waals surface area contributed by atoms with E-state index in [1.807, 2.05) is 35.0 Å². The third-order valence-corrected chi connectivity index (χ3v) is 4.33. The van der Waals surface area contributed by atoms with E-state index in [0.29, 0.717) is 0 Å². The molecule has 0 bridgehead atoms. The van der Waals surface area contributed by atoms with Crippen LogP contribution < -0.4 is 0 Å². The third kappa shape index (κ3) is 2.87. The number of benzene rings is 1. The van der Waals surface area contributed by atoms with E-state index in [-0.39, 0.29) is 6.04 Å². The van der Waals surface area contributed by atoms with E-state index < -0.39 is 0 Å². The van der Waals surface area contributed by atoms with Crippen LogP contribution in [0.25, 0.3) is 5.69 Å². The van der Waals surface area contributed by atoms with Gasteiger partial charge in [-0.25, -0.2) is 14.6 Å². The molecule has 1 aromatic carbocycles. The fraction of sp³-hybridized carbons (Fsp3) is 0.375. The predicted octanol–water partition coefficient (Wildman–Crippen LogP) is 2.11. The molecular formula is C16H19N7. The molecule has 1 fully saturated rings. The number of hydrogen-bond donors (Lipinski definition) is 1. The summed E-state index contributed by atoms with van der Waals surface area (Å²) in [7, 11) is 0. The van der Waals surface area contributed by atoms with Gasteiger partial charge < -0.3 is 0 Å². The summed E-state index contributed by atoms with van der Waals surface area (Å²) in [6.07, 6.45) is 6.70. The molecule has 3 aromatic rings. The summed E-state index contributed by atoms with van der Waals surface area (Å²) < 4.78 is 1.91. The van der Waals surface area contributed by atoms with E-state index in [1.165, 1.54) is 12.8 Å². The Bertz CT molecular complexity index is 735. The normalized spacial score (nSPS) is 19.0. The Morgan fingerprint density at radius 3 is 2.83 bits per heavy atom. The highest BCUT2D eigenvalue weighted by Gasteiger charge is 2.27. The molecule has 118 valence electrons. The standard InChI is InChI=1S/C16H19N7/c1-2-6-13(7-3-1)23-15(17-12-20-23)10-22-9-5-4-8-14(22)16-18-11-19-21-16/h1-3,6-7,11-12,14H,4-5,8-10H2,(H,18,19,21)/t14-/m1/s1. The fourth-order valence-corrected chi connectivity index (χ4v) is 3.21. The first kappa shape index (κ1) is 14.1. The first-order valence-electron chi connectivity index (χ1n) is 7.95. The molecule has 1 saturated heterocycles. The summed E-state index contributed by atoms with van der Waals surface area (Å²) in [5.41, 5.74) is 1.04. The molecule has 23 heavy (non-hydrogen) atoms. The summed E-state index contributed by atoms with van der Waals surface area (Å²) >= 11 is 0. The minimum Gasteiger partial charge on any atom is -0.286 e. The molecule has 0 unspecified atom stereocenters. The number of aromatic amines is 1. The van der Waals surface area contributed by atoms with E-state index in [0.717, 1.165) is 36.8 Å². The van der Waals surface area contributed by atoms with Crippen molar-refractivity contribution in [1.29, 1.82) is 0 Å². The molecule has 1 atom stereocenters. The van der Waals surface area contributed by atoms with Gasteiger partial charge in [-0.1, -0.05) is 24.6 Å². The number of nitrogens with one attached hydrogen (secondary N) is 1. The summed E-state index contributed by atoms with van der Waals surface area (Å²) in [5, 5.41) is 11.4. The topological polar surface area (TPSA) is 75.5 Å². The maximum atomic E-state index is 4.47. The molecular weight excluding hydrogens is 290 g/mol. The van der Waals surface area contributed by atoms with Gasteiger partial charge in [0, 0.05) is 0 Å². The first-order valence-corrected chi connectivity index (χ1v) is 7.95. The quantitative estimate of drug-likeness (QED) is 0.799. The number of H-pyrrole nitrogens is 1. The van der Waals surface area contributed by atoms with E-state index >= 15 is 0 Å². The summed E-state index contributed by atoms with van der Waals surface area (Å²) in [6.45, 7) is 1.78. The van der Waals surface area contributed by atoms with Crippen LogP contribution >= 0.6 is 0 Å². The van der Waals surface area contributed by atoms with Crippen LogP contribution in [0.5, 0.6) is 0 Å². The molecule has 3 heterocycles. The van der Waals surface area contributed by atoms with Crippen LogP contribution in [0, 0.1) is 0 Å². The molecule has 7 heteroatoms. The van der Waals surface area contributed by atoms with Gasteiger partial charge in [0.2, 0.25) is 0 Å². The zero-order valence-corrected chi connectivity index (χ0v) is 12.8. The number of aromatic nitrogens is 6. The number of piperidine rings is 1. The molecule has 0 amide bonds. The Morgan fingerprint density at radius 1 is 1.09 bits per heavy atom. The second-order valence-corrected chi connectivity index (χ2v) is 5.78. The van der Waals surface area contributed by atoms with Crippen molar-refractivity contribution in [3.63, 3.8) is 0 Å². The van der Waals surface area contributed by atoms with Crippen LogP contribution in [0.1, 0.15) is 37.0 Å². The summed E-state index contributed by atoms with van der Waals surface area (Å²) in [5.74, 6) is 1.89. The molecule has 7 nitrogen and oxygen atoms in total. The molecule has 0 aliphatic carbocycles. The van der Waals surface area contributed by atoms with Crippen molar-refractivity contribution in [3.05, 3.63) is 54.6 Å². The highest BCUT2D eigenvalue weighted by Crippen LogP contribution is 2.29. The van der Waals surface area contributed by atoms with Crippen LogP contribution in [-0.4, -0.2) is 41.4 Å². The number of rotatable bonds is 4. The predicted molar refractivity (Wildman–Crippen MR) is 84.7 cm³/mol. The van der Waals surface area contributed by atoms with Crippen LogP contribution in [0.3, 0.4) is 0 Å². The van der Waals surface area contributed by atoms with Crippen molar-refractivity contribution in [1.82, 2.24) is 34.8 Å². The maximum absolute atomic E-state index is 4.47. The van der Waals surface area contributed by atoms with Crippen molar-refractivity contribution in [2.75, 3.05) is 6.54 Å². The van der Waals surface area contributed by atoms with Crippen LogP contribution in [0.2, 0.25) is 0 Å². The highest BCUT2D eigenvalue weighted by molar-refractivity contribution is 5.30. The highest BCUT2D eigenvalue weighted by atomic mass is 15.4. The lowest BCUT2D eigenvalue weighted by atomic mass is 10.0. The van der Waals surface area contributed by atoms with E-state index in [2.05, 4.69) is 30.2 Å². The van der Waals surface area contributed by atoms with Crippen LogP contribution in [0.15, 0.2) is 43.0 Å². The van der Waals surface area contributed by atoms with Gasteiger partial charge in [-0.2, -0.15) is 10.2 Å². The minimum absolute atomic E-state index is 0.271. The van der Waals surface area contributed by atoms with E-state index in [1.54, 1.807) is 12.7 Å². The number of hydrogen-bond acceptors (Lipinski definition) is 5. The average molecular weight is 309 g/mol. The molecule has 0 radical (unpaired) electrons. The van der Waals surface area contributed by atoms with Crippen molar-refractivity contribution in [3.8, 4) is 5.69 Å². The third-order valence-electron chi connectivity index (χ3n) is 4.33. The Labute approximate surface area is 134 Å². The Morgan fingerprint density at radius 2 is 2.00 bits per heavy atom. The SMILES string of the molecule is c1ccc(-n2ncnc2CN2CCCC[C@@H]2c2ncn[nH]2)cc1. The van der Waals surface area contributed by atoms with Crippen molar-refractivity contribution >= 4 is 0 Å². The summed E-state index contributed by atoms with van der Waals surface area (Å²) in [6, 6.07) is 10.4.